The highest BCUT2D eigenvalue weighted by Gasteiger charge is 2.27. The third-order valence-electron chi connectivity index (χ3n) is 35.4. The molecule has 0 aromatic carbocycles. The summed E-state index contributed by atoms with van der Waals surface area (Å²) in [5, 5.41) is 0. The molecule has 18 rings (SSSR count). The Labute approximate surface area is 878 Å². The standard InChI is InChI=1S/2C8H15N.C8H16.5C8H14.C7H13N.C7H14.4C7H12.C6H10O2S.C6H10O.C6H12.C5H10.C4H8/c2*1-7-4-5-9(3)6-8(7)2;6*1-7-5-3-4-6-8(7)2;1-6-4-8(3)5-7(6)2;5*1-6-4-3-5-7(6)2;1-5-3-9(7,8)4-6(5)2;1-5-3-7-4-6(5)2;1-5-3-4-6(5)2;1-4-3-5(4)2;1-3-4-2/h2*4-6H2,1-3H3;7-8H,3-6H2,1-2H3;5*3-6H2,1-2H3;4-5H2,1-3H3;6-7H,3-5H2,1-2H3;4*3-5H2,1-2H3;3-4H2,1-2H3;3-4H2,1-2H3;5-6H,3-4H2,1-2H3;4-5H,3H2,1-2H3;3-4H,1-2H3/b;;;;;;;;;;;;;;;;;;4-3-. The minimum atomic E-state index is -2.72. The lowest BCUT2D eigenvalue weighted by Crippen LogP contribution is -2.26. The summed E-state index contributed by atoms with van der Waals surface area (Å²) in [5.74, 6) is 8.75. The molecule has 8 unspecified atom stereocenters. The molecule has 0 aromatic rings. The van der Waals surface area contributed by atoms with Gasteiger partial charge in [0.05, 0.1) is 24.7 Å². The van der Waals surface area contributed by atoms with Crippen molar-refractivity contribution in [2.75, 3.05) is 85.1 Å². The van der Waals surface area contributed by atoms with Crippen LogP contribution in [0.4, 0.5) is 0 Å². The van der Waals surface area contributed by atoms with E-state index in [0.29, 0.717) is 0 Å². The van der Waals surface area contributed by atoms with E-state index in [-0.39, 0.29) is 11.5 Å². The van der Waals surface area contributed by atoms with Crippen LogP contribution in [0.25, 0.3) is 0 Å². The van der Waals surface area contributed by atoms with Gasteiger partial charge in [0.1, 0.15) is 0 Å². The number of allylic oxidation sites excluding steroid dienone is 20. The summed E-state index contributed by atoms with van der Waals surface area (Å²) in [5.41, 5.74) is 43.6. The van der Waals surface area contributed by atoms with Crippen molar-refractivity contribution in [2.45, 2.75) is 546 Å². The number of hydrogen-bond donors (Lipinski definition) is 0. The largest absolute Gasteiger partial charge is 0.373 e. The van der Waals surface area contributed by atoms with E-state index in [1.807, 2.05) is 39.8 Å². The molecule has 0 aromatic heterocycles. The minimum absolute atomic E-state index is 0.277. The van der Waals surface area contributed by atoms with Crippen molar-refractivity contribution < 1.29 is 13.2 Å². The van der Waals surface area contributed by atoms with Crippen LogP contribution in [0.15, 0.2) is 168 Å². The molecular weight excluding hydrogens is 1720 g/mol. The molecule has 8 atom stereocenters. The highest BCUT2D eigenvalue weighted by atomic mass is 32.2. The van der Waals surface area contributed by atoms with Crippen molar-refractivity contribution in [3.05, 3.63) is 168 Å². The van der Waals surface area contributed by atoms with Gasteiger partial charge in [-0.15, -0.1) is 0 Å². The SMILES string of the molecule is C/C=C\C.CC1=C(C)CCC1.CC1=C(C)CCC1.CC1=C(C)CCC1.CC1=C(C)CCC1.CC1=C(C)CCCC1.CC1=C(C)CCCC1.CC1=C(C)CCCC1.CC1=C(C)CCCC1.CC1=C(C)CCCC1.CC1=C(C)CN(C)C1.CC1=C(C)CN(C)CC1.CC1=C(C)CN(C)CC1.CC1=C(C)COC1.CC1=C(C)CS(=O)(=O)C1.CC1CC1C.CC1CCC1C.CC1CCCC1C.CC1CCCCC1C. The molecule has 5 heterocycles. The number of rotatable bonds is 0. The summed E-state index contributed by atoms with van der Waals surface area (Å²) in [4.78, 5) is 7.05. The van der Waals surface area contributed by atoms with Gasteiger partial charge in [-0.3, -0.25) is 4.90 Å². The molecule has 140 heavy (non-hydrogen) atoms. The Bertz CT molecular complexity index is 3550. The molecule has 0 amide bonds. The van der Waals surface area contributed by atoms with E-state index in [1.165, 1.54) is 333 Å². The van der Waals surface area contributed by atoms with Gasteiger partial charge in [-0.2, -0.15) is 0 Å². The van der Waals surface area contributed by atoms with E-state index in [4.69, 9.17) is 4.74 Å². The van der Waals surface area contributed by atoms with E-state index >= 15 is 0 Å². The molecule has 7 heteroatoms. The summed E-state index contributed by atoms with van der Waals surface area (Å²) in [6, 6.07) is 0. The van der Waals surface area contributed by atoms with Crippen molar-refractivity contribution in [3.8, 4) is 0 Å². The maximum atomic E-state index is 10.8. The fraction of sp³-hybridized carbons (Fsp3) is 0.774. The molecule has 0 N–H and O–H groups in total. The molecule has 13 aliphatic carbocycles. The first-order valence-electron chi connectivity index (χ1n) is 58.3. The lowest BCUT2D eigenvalue weighted by molar-refractivity contribution is 0.204. The first-order chi connectivity index (χ1) is 65.8. The Morgan fingerprint density at radius 3 is 0.457 bits per heavy atom. The Morgan fingerprint density at radius 2 is 0.364 bits per heavy atom. The second-order valence-corrected chi connectivity index (χ2v) is 50.5. The first-order valence-corrected chi connectivity index (χ1v) is 60.2. The van der Waals surface area contributed by atoms with Gasteiger partial charge < -0.3 is 14.5 Å². The van der Waals surface area contributed by atoms with Crippen LogP contribution in [-0.4, -0.2) is 108 Å². The van der Waals surface area contributed by atoms with E-state index in [1.54, 1.807) is 134 Å². The molecule has 0 saturated heterocycles. The maximum Gasteiger partial charge on any atom is 0.157 e. The van der Waals surface area contributed by atoms with Crippen LogP contribution in [0, 0.1) is 47.3 Å². The fourth-order valence-electron chi connectivity index (χ4n) is 19.5. The molecular formula is C133H241N3O3S. The molecule has 18 aliphatic rings. The quantitative estimate of drug-likeness (QED) is 0.225. The van der Waals surface area contributed by atoms with Gasteiger partial charge in [0, 0.05) is 39.3 Å². The number of ether oxygens (including phenoxy) is 1. The highest BCUT2D eigenvalue weighted by Crippen LogP contribution is 2.38. The van der Waals surface area contributed by atoms with E-state index in [0.717, 1.165) is 71.7 Å². The van der Waals surface area contributed by atoms with Crippen LogP contribution < -0.4 is 0 Å². The maximum absolute atomic E-state index is 10.8. The zero-order valence-corrected chi connectivity index (χ0v) is 103. The third-order valence-corrected chi connectivity index (χ3v) is 37.1. The van der Waals surface area contributed by atoms with Gasteiger partial charge >= 0.3 is 0 Å². The Balaban J connectivity index is 0.00000146. The summed E-state index contributed by atoms with van der Waals surface area (Å²) >= 11 is 0. The monoisotopic (exact) mass is 1960 g/mol. The number of likely N-dealkylation sites (N-methyl/N-ethyl adjacent to an activating group) is 3. The van der Waals surface area contributed by atoms with Crippen LogP contribution in [0.5, 0.6) is 0 Å². The summed E-state index contributed by atoms with van der Waals surface area (Å²) < 4.78 is 26.7. The van der Waals surface area contributed by atoms with Crippen LogP contribution in [0.1, 0.15) is 546 Å². The topological polar surface area (TPSA) is 53.1 Å². The smallest absolute Gasteiger partial charge is 0.157 e. The van der Waals surface area contributed by atoms with Crippen LogP contribution in [0.3, 0.4) is 0 Å². The van der Waals surface area contributed by atoms with Crippen molar-refractivity contribution in [1.82, 2.24) is 14.7 Å². The number of sulfone groups is 1. The van der Waals surface area contributed by atoms with Crippen LogP contribution in [0.2, 0.25) is 0 Å². The highest BCUT2D eigenvalue weighted by molar-refractivity contribution is 7.92. The molecule has 812 valence electrons. The molecule has 0 spiro atoms. The minimum Gasteiger partial charge on any atom is -0.373 e. The van der Waals surface area contributed by atoms with Gasteiger partial charge in [0.15, 0.2) is 9.84 Å². The Hall–Kier alpha value is -4.11. The average Bonchev–Trinajstić information content (AvgIpc) is 1.69. The van der Waals surface area contributed by atoms with Gasteiger partial charge in [0.2, 0.25) is 0 Å². The van der Waals surface area contributed by atoms with Gasteiger partial charge in [0.25, 0.3) is 0 Å². The Kier molecular flexibility index (Phi) is 75.9. The van der Waals surface area contributed by atoms with E-state index < -0.39 is 9.84 Å². The number of nitrogens with zero attached hydrogens (tertiary/aromatic N) is 3. The number of hydrogen-bond acceptors (Lipinski definition) is 6. The van der Waals surface area contributed by atoms with Crippen molar-refractivity contribution in [1.29, 1.82) is 0 Å². The lowest BCUT2D eigenvalue weighted by atomic mass is 9.77. The second-order valence-electron chi connectivity index (χ2n) is 48.5. The third kappa shape index (κ3) is 65.6. The Morgan fingerprint density at radius 1 is 0.200 bits per heavy atom. The van der Waals surface area contributed by atoms with E-state index in [2.05, 4.69) is 271 Å². The average molecular weight is 1960 g/mol. The first kappa shape index (κ1) is 136. The molecule has 6 nitrogen and oxygen atoms in total. The van der Waals surface area contributed by atoms with Crippen LogP contribution in [-0.2, 0) is 14.6 Å². The van der Waals surface area contributed by atoms with Gasteiger partial charge in [-0.1, -0.05) is 270 Å². The molecule has 0 radical (unpaired) electrons. The zero-order chi connectivity index (χ0) is 106. The molecule has 4 fully saturated rings. The van der Waals surface area contributed by atoms with Crippen molar-refractivity contribution >= 4 is 9.84 Å². The van der Waals surface area contributed by atoms with Crippen molar-refractivity contribution in [3.63, 3.8) is 0 Å². The predicted octanol–water partition coefficient (Wildman–Crippen LogP) is 41.8. The summed E-state index contributed by atoms with van der Waals surface area (Å²) in [7, 11) is 3.79. The predicted molar refractivity (Wildman–Crippen MR) is 636 cm³/mol. The fourth-order valence-corrected chi connectivity index (χ4v) is 21.4. The van der Waals surface area contributed by atoms with Crippen LogP contribution >= 0.6 is 0 Å². The van der Waals surface area contributed by atoms with Gasteiger partial charge in [-0.05, 0) is 512 Å². The van der Waals surface area contributed by atoms with Crippen molar-refractivity contribution in [2.24, 2.45) is 47.3 Å². The normalized spacial score (nSPS) is 25.8. The second kappa shape index (κ2) is 78.2. The van der Waals surface area contributed by atoms with E-state index in [9.17, 15) is 8.42 Å². The van der Waals surface area contributed by atoms with Gasteiger partial charge in [-0.25, -0.2) is 8.42 Å². The zero-order valence-electron chi connectivity index (χ0n) is 102. The molecule has 5 aliphatic heterocycles. The molecule has 0 bridgehead atoms. The summed E-state index contributed by atoms with van der Waals surface area (Å²) in [6.45, 7) is 93.4. The summed E-state index contributed by atoms with van der Waals surface area (Å²) in [6.07, 6.45) is 65.4. The molecule has 4 saturated carbocycles. The lowest BCUT2D eigenvalue weighted by Gasteiger charge is -2.29.